The summed E-state index contributed by atoms with van der Waals surface area (Å²) >= 11 is 0. The van der Waals surface area contributed by atoms with Crippen molar-refractivity contribution in [2.24, 2.45) is 0 Å². The zero-order valence-electron chi connectivity index (χ0n) is 6.92. The number of hydrogen-bond donors (Lipinski definition) is 0. The fourth-order valence-electron chi connectivity index (χ4n) is 2.09. The van der Waals surface area contributed by atoms with E-state index in [0.29, 0.717) is 0 Å². The molecule has 2 nitrogen and oxygen atoms in total. The van der Waals surface area contributed by atoms with Crippen LogP contribution in [0, 0.1) is 0 Å². The molecular weight excluding hydrogens is 150 g/mol. The number of nitrogens with zero attached hydrogens (tertiary/aromatic N) is 1. The first-order chi connectivity index (χ1) is 5.95. The van der Waals surface area contributed by atoms with Crippen LogP contribution in [0.4, 0.5) is 5.69 Å². The molecule has 0 spiro atoms. The van der Waals surface area contributed by atoms with Crippen molar-refractivity contribution in [1.29, 1.82) is 0 Å². The fraction of sp³-hybridized carbons (Fsp3) is 0.400. The molecule has 0 saturated carbocycles. The van der Waals surface area contributed by atoms with E-state index in [1.165, 1.54) is 24.1 Å². The van der Waals surface area contributed by atoms with Gasteiger partial charge in [-0.3, -0.25) is 0 Å². The molecule has 3 rings (SSSR count). The van der Waals surface area contributed by atoms with Crippen molar-refractivity contribution in [3.8, 4) is 5.75 Å². The van der Waals surface area contributed by atoms with Gasteiger partial charge in [0.05, 0.1) is 5.69 Å². The summed E-state index contributed by atoms with van der Waals surface area (Å²) in [6.07, 6.45) is 2.48. The Balaban J connectivity index is 2.23. The number of para-hydroxylation sites is 1. The average Bonchev–Trinajstić information content (AvgIpc) is 2.52. The predicted molar refractivity (Wildman–Crippen MR) is 47.6 cm³/mol. The standard InChI is InChI=1S/C10H11NO/c1-3-8-4-2-6-11-7-12-9(5-1)10(8)11/h1,3,5H,2,4,6-7H2. The van der Waals surface area contributed by atoms with Gasteiger partial charge >= 0.3 is 0 Å². The second kappa shape index (κ2) is 2.16. The van der Waals surface area contributed by atoms with Gasteiger partial charge in [0, 0.05) is 6.54 Å². The van der Waals surface area contributed by atoms with Gasteiger partial charge in [-0.15, -0.1) is 0 Å². The van der Waals surface area contributed by atoms with E-state index in [1.807, 2.05) is 0 Å². The third kappa shape index (κ3) is 0.697. The summed E-state index contributed by atoms with van der Waals surface area (Å²) < 4.78 is 5.55. The minimum Gasteiger partial charge on any atom is -0.471 e. The van der Waals surface area contributed by atoms with E-state index in [0.717, 1.165) is 19.0 Å². The van der Waals surface area contributed by atoms with Crippen LogP contribution in [0.5, 0.6) is 5.75 Å². The second-order valence-corrected chi connectivity index (χ2v) is 3.40. The van der Waals surface area contributed by atoms with Crippen LogP contribution in [0.3, 0.4) is 0 Å². The summed E-state index contributed by atoms with van der Waals surface area (Å²) in [5, 5.41) is 0. The normalized spacial score (nSPS) is 18.8. The van der Waals surface area contributed by atoms with Crippen LogP contribution >= 0.6 is 0 Å². The third-order valence-corrected chi connectivity index (χ3v) is 2.65. The lowest BCUT2D eigenvalue weighted by Gasteiger charge is -2.23. The Bertz CT molecular complexity index is 322. The number of aryl methyl sites for hydroxylation is 1. The highest BCUT2D eigenvalue weighted by Crippen LogP contribution is 2.39. The molecule has 0 fully saturated rings. The highest BCUT2D eigenvalue weighted by Gasteiger charge is 2.25. The molecule has 2 aliphatic heterocycles. The van der Waals surface area contributed by atoms with Gasteiger partial charge in [0.1, 0.15) is 5.75 Å². The highest BCUT2D eigenvalue weighted by atomic mass is 16.5. The minimum atomic E-state index is 0.756. The quantitative estimate of drug-likeness (QED) is 0.575. The van der Waals surface area contributed by atoms with Gasteiger partial charge in [-0.1, -0.05) is 12.1 Å². The van der Waals surface area contributed by atoms with Crippen LogP contribution in [0.15, 0.2) is 18.2 Å². The molecular formula is C10H11NO. The zero-order chi connectivity index (χ0) is 7.97. The van der Waals surface area contributed by atoms with Crippen LogP contribution in [0.1, 0.15) is 12.0 Å². The molecule has 12 heavy (non-hydrogen) atoms. The molecule has 0 saturated heterocycles. The van der Waals surface area contributed by atoms with Crippen LogP contribution in [-0.4, -0.2) is 13.3 Å². The molecule has 0 radical (unpaired) electrons. The lowest BCUT2D eigenvalue weighted by Crippen LogP contribution is -2.27. The molecule has 0 aromatic heterocycles. The van der Waals surface area contributed by atoms with Crippen LogP contribution < -0.4 is 9.64 Å². The largest absolute Gasteiger partial charge is 0.471 e. The summed E-state index contributed by atoms with van der Waals surface area (Å²) in [4.78, 5) is 2.33. The summed E-state index contributed by atoms with van der Waals surface area (Å²) in [5.41, 5.74) is 2.81. The van der Waals surface area contributed by atoms with E-state index < -0.39 is 0 Å². The zero-order valence-corrected chi connectivity index (χ0v) is 6.92. The lowest BCUT2D eigenvalue weighted by atomic mass is 10.0. The molecule has 2 heteroatoms. The molecule has 2 heterocycles. The van der Waals surface area contributed by atoms with Crippen molar-refractivity contribution in [2.45, 2.75) is 12.8 Å². The maximum absolute atomic E-state index is 5.55. The van der Waals surface area contributed by atoms with Crippen molar-refractivity contribution < 1.29 is 4.74 Å². The van der Waals surface area contributed by atoms with Crippen molar-refractivity contribution in [1.82, 2.24) is 0 Å². The highest BCUT2D eigenvalue weighted by molar-refractivity contribution is 5.67. The molecule has 1 aromatic carbocycles. The second-order valence-electron chi connectivity index (χ2n) is 3.40. The molecule has 0 N–H and O–H groups in total. The minimum absolute atomic E-state index is 0.756. The Morgan fingerprint density at radius 3 is 3.33 bits per heavy atom. The van der Waals surface area contributed by atoms with Crippen molar-refractivity contribution in [2.75, 3.05) is 18.2 Å². The van der Waals surface area contributed by atoms with E-state index in [-0.39, 0.29) is 0 Å². The van der Waals surface area contributed by atoms with Crippen molar-refractivity contribution in [3.05, 3.63) is 23.8 Å². The topological polar surface area (TPSA) is 12.5 Å². The van der Waals surface area contributed by atoms with Gasteiger partial charge in [-0.05, 0) is 24.5 Å². The van der Waals surface area contributed by atoms with E-state index in [9.17, 15) is 0 Å². The van der Waals surface area contributed by atoms with Crippen molar-refractivity contribution >= 4 is 5.69 Å². The monoisotopic (exact) mass is 161 g/mol. The lowest BCUT2D eigenvalue weighted by molar-refractivity contribution is 0.346. The fourth-order valence-corrected chi connectivity index (χ4v) is 2.09. The van der Waals surface area contributed by atoms with Crippen LogP contribution in [0.25, 0.3) is 0 Å². The number of hydrogen-bond acceptors (Lipinski definition) is 2. The van der Waals surface area contributed by atoms with Gasteiger partial charge < -0.3 is 9.64 Å². The van der Waals surface area contributed by atoms with Gasteiger partial charge in [0.2, 0.25) is 0 Å². The molecule has 0 amide bonds. The van der Waals surface area contributed by atoms with E-state index in [2.05, 4.69) is 23.1 Å². The number of rotatable bonds is 0. The first-order valence-corrected chi connectivity index (χ1v) is 4.45. The maximum atomic E-state index is 5.55. The summed E-state index contributed by atoms with van der Waals surface area (Å²) in [7, 11) is 0. The summed E-state index contributed by atoms with van der Waals surface area (Å²) in [6, 6.07) is 6.35. The Kier molecular flexibility index (Phi) is 1.14. The number of benzene rings is 1. The predicted octanol–water partition coefficient (Wildman–Crippen LogP) is 1.79. The Hall–Kier alpha value is -1.18. The van der Waals surface area contributed by atoms with E-state index in [4.69, 9.17) is 4.74 Å². The maximum Gasteiger partial charge on any atom is 0.161 e. The molecule has 0 unspecified atom stereocenters. The Labute approximate surface area is 71.8 Å². The molecule has 62 valence electrons. The number of anilines is 1. The Morgan fingerprint density at radius 1 is 1.33 bits per heavy atom. The van der Waals surface area contributed by atoms with Gasteiger partial charge in [0.15, 0.2) is 6.73 Å². The molecule has 0 aliphatic carbocycles. The number of ether oxygens (including phenoxy) is 1. The van der Waals surface area contributed by atoms with Crippen LogP contribution in [0.2, 0.25) is 0 Å². The first-order valence-electron chi connectivity index (χ1n) is 4.45. The van der Waals surface area contributed by atoms with E-state index in [1.54, 1.807) is 0 Å². The third-order valence-electron chi connectivity index (χ3n) is 2.65. The summed E-state index contributed by atoms with van der Waals surface area (Å²) in [6.45, 7) is 1.91. The SMILES string of the molecule is c1cc2c3c(c1)OCN3CCC2. The Morgan fingerprint density at radius 2 is 2.33 bits per heavy atom. The van der Waals surface area contributed by atoms with Crippen LogP contribution in [-0.2, 0) is 6.42 Å². The molecule has 1 aromatic rings. The average molecular weight is 161 g/mol. The van der Waals surface area contributed by atoms with Crippen molar-refractivity contribution in [3.63, 3.8) is 0 Å². The van der Waals surface area contributed by atoms with Gasteiger partial charge in [0.25, 0.3) is 0 Å². The van der Waals surface area contributed by atoms with Gasteiger partial charge in [-0.2, -0.15) is 0 Å². The smallest absolute Gasteiger partial charge is 0.161 e. The molecule has 0 bridgehead atoms. The first kappa shape index (κ1) is 6.35. The van der Waals surface area contributed by atoms with E-state index >= 15 is 0 Å². The molecule has 2 aliphatic rings. The van der Waals surface area contributed by atoms with Gasteiger partial charge in [-0.25, -0.2) is 0 Å². The summed E-state index contributed by atoms with van der Waals surface area (Å²) in [5.74, 6) is 1.08. The molecule has 0 atom stereocenters.